The molecule has 3 aromatic rings. The third-order valence-corrected chi connectivity index (χ3v) is 4.79. The van der Waals surface area contributed by atoms with Crippen LogP contribution in [0.4, 0.5) is 0 Å². The number of nitrogens with one attached hydrogen (secondary N) is 2. The second-order valence-corrected chi connectivity index (χ2v) is 6.62. The van der Waals surface area contributed by atoms with Crippen LogP contribution in [0.1, 0.15) is 50.1 Å². The Morgan fingerprint density at radius 1 is 1.11 bits per heavy atom. The number of pyridine rings is 1. The van der Waals surface area contributed by atoms with Crippen molar-refractivity contribution in [3.05, 3.63) is 93.3 Å². The van der Waals surface area contributed by atoms with Crippen LogP contribution in [-0.2, 0) is 13.0 Å². The van der Waals surface area contributed by atoms with Gasteiger partial charge in [0.2, 0.25) is 0 Å². The highest BCUT2D eigenvalue weighted by Gasteiger charge is 2.30. The average molecular weight is 362 g/mol. The van der Waals surface area contributed by atoms with E-state index in [1.165, 1.54) is 6.07 Å². The van der Waals surface area contributed by atoms with Gasteiger partial charge in [0.05, 0.1) is 6.26 Å². The van der Waals surface area contributed by atoms with E-state index in [0.29, 0.717) is 24.2 Å². The summed E-state index contributed by atoms with van der Waals surface area (Å²) in [5, 5.41) is 2.72. The Balaban J connectivity index is 1.56. The summed E-state index contributed by atoms with van der Waals surface area (Å²) in [7, 11) is 0. The number of hydrogen-bond donors (Lipinski definition) is 2. The number of carbonyl (C=O) groups excluding carboxylic acids is 2. The predicted molar refractivity (Wildman–Crippen MR) is 98.8 cm³/mol. The number of hydrogen-bond acceptors (Lipinski definition) is 4. The van der Waals surface area contributed by atoms with Crippen LogP contribution in [-0.4, -0.2) is 16.7 Å². The number of ketones is 1. The van der Waals surface area contributed by atoms with Gasteiger partial charge < -0.3 is 14.7 Å². The monoisotopic (exact) mass is 362 g/mol. The van der Waals surface area contributed by atoms with Crippen LogP contribution in [0.5, 0.6) is 0 Å². The molecular weight excluding hydrogens is 344 g/mol. The summed E-state index contributed by atoms with van der Waals surface area (Å²) in [6.45, 7) is 0.310. The average Bonchev–Trinajstić information content (AvgIpc) is 3.21. The molecule has 2 aromatic heterocycles. The minimum atomic E-state index is -0.496. The maximum Gasteiger partial charge on any atom is 0.261 e. The van der Waals surface area contributed by atoms with Crippen LogP contribution >= 0.6 is 0 Å². The Hall–Kier alpha value is -3.41. The molecule has 1 aromatic carbocycles. The Morgan fingerprint density at radius 2 is 1.93 bits per heavy atom. The molecule has 27 heavy (non-hydrogen) atoms. The summed E-state index contributed by atoms with van der Waals surface area (Å²) in [5.41, 5.74) is 1.35. The molecule has 0 unspecified atom stereocenters. The minimum Gasteiger partial charge on any atom is -0.469 e. The van der Waals surface area contributed by atoms with E-state index in [1.807, 2.05) is 36.4 Å². The molecule has 1 aliphatic carbocycles. The lowest BCUT2D eigenvalue weighted by atomic mass is 9.84. The van der Waals surface area contributed by atoms with Crippen molar-refractivity contribution < 1.29 is 14.0 Å². The predicted octanol–water partition coefficient (Wildman–Crippen LogP) is 2.81. The summed E-state index contributed by atoms with van der Waals surface area (Å²) < 4.78 is 5.39. The van der Waals surface area contributed by atoms with E-state index in [-0.39, 0.29) is 23.7 Å². The van der Waals surface area contributed by atoms with Gasteiger partial charge in [-0.1, -0.05) is 30.3 Å². The molecule has 0 aliphatic heterocycles. The zero-order valence-corrected chi connectivity index (χ0v) is 14.5. The number of aromatic nitrogens is 1. The van der Waals surface area contributed by atoms with Crippen molar-refractivity contribution in [1.82, 2.24) is 10.3 Å². The smallest absolute Gasteiger partial charge is 0.261 e. The van der Waals surface area contributed by atoms with Crippen LogP contribution < -0.4 is 10.9 Å². The molecule has 0 saturated heterocycles. The molecule has 0 bridgehead atoms. The Morgan fingerprint density at radius 3 is 2.67 bits per heavy atom. The van der Waals surface area contributed by atoms with Crippen molar-refractivity contribution in [2.24, 2.45) is 0 Å². The van der Waals surface area contributed by atoms with Gasteiger partial charge in [-0.2, -0.15) is 0 Å². The number of H-pyrrole nitrogens is 1. The lowest BCUT2D eigenvalue weighted by Crippen LogP contribution is -2.32. The van der Waals surface area contributed by atoms with E-state index >= 15 is 0 Å². The van der Waals surface area contributed by atoms with Crippen molar-refractivity contribution in [3.63, 3.8) is 0 Å². The standard InChI is InChI=1S/C21H18N2O4/c24-18-10-14(19-7-4-8-27-19)9-17-15(18)11-16(21(26)23-17)20(25)22-12-13-5-2-1-3-6-13/h1-8,11,14H,9-10,12H2,(H,22,25)(H,23,26)/t14-/m1/s1. The summed E-state index contributed by atoms with van der Waals surface area (Å²) in [6, 6.07) is 14.4. The molecule has 136 valence electrons. The number of aromatic amines is 1. The molecule has 1 aliphatic rings. The van der Waals surface area contributed by atoms with Gasteiger partial charge in [-0.3, -0.25) is 14.4 Å². The molecule has 2 heterocycles. The second kappa shape index (κ2) is 7.07. The fraction of sp³-hybridized carbons (Fsp3) is 0.190. The normalized spacial score (nSPS) is 16.0. The third kappa shape index (κ3) is 3.46. The quantitative estimate of drug-likeness (QED) is 0.746. The van der Waals surface area contributed by atoms with Crippen molar-refractivity contribution in [1.29, 1.82) is 0 Å². The topological polar surface area (TPSA) is 92.2 Å². The molecule has 1 amide bonds. The zero-order chi connectivity index (χ0) is 18.8. The first kappa shape index (κ1) is 17.0. The molecule has 4 rings (SSSR count). The number of furan rings is 1. The lowest BCUT2D eigenvalue weighted by molar-refractivity contribution is 0.0949. The van der Waals surface area contributed by atoms with Gasteiger partial charge in [-0.15, -0.1) is 0 Å². The molecule has 6 nitrogen and oxygen atoms in total. The highest BCUT2D eigenvalue weighted by Crippen LogP contribution is 2.31. The minimum absolute atomic E-state index is 0.0468. The van der Waals surface area contributed by atoms with Crippen LogP contribution in [0.15, 0.2) is 64.0 Å². The summed E-state index contributed by atoms with van der Waals surface area (Å²) in [5.74, 6) is 0.0165. The number of carbonyl (C=O) groups is 2. The first-order valence-corrected chi connectivity index (χ1v) is 8.76. The second-order valence-electron chi connectivity index (χ2n) is 6.62. The molecule has 0 spiro atoms. The molecule has 0 fully saturated rings. The van der Waals surface area contributed by atoms with E-state index in [4.69, 9.17) is 4.42 Å². The van der Waals surface area contributed by atoms with Gasteiger partial charge >= 0.3 is 0 Å². The highest BCUT2D eigenvalue weighted by atomic mass is 16.3. The molecule has 0 saturated carbocycles. The number of rotatable bonds is 4. The van der Waals surface area contributed by atoms with Crippen molar-refractivity contribution >= 4 is 11.7 Å². The Kier molecular flexibility index (Phi) is 4.46. The van der Waals surface area contributed by atoms with E-state index in [2.05, 4.69) is 10.3 Å². The number of benzene rings is 1. The van der Waals surface area contributed by atoms with Gasteiger partial charge in [-0.05, 0) is 30.2 Å². The number of amides is 1. The molecule has 6 heteroatoms. The van der Waals surface area contributed by atoms with Crippen LogP contribution in [0.2, 0.25) is 0 Å². The first-order valence-electron chi connectivity index (χ1n) is 8.76. The van der Waals surface area contributed by atoms with E-state index in [1.54, 1.807) is 12.3 Å². The van der Waals surface area contributed by atoms with Gasteiger partial charge in [-0.25, -0.2) is 0 Å². The largest absolute Gasteiger partial charge is 0.469 e. The summed E-state index contributed by atoms with van der Waals surface area (Å²) >= 11 is 0. The Labute approximate surface area is 155 Å². The molecule has 0 radical (unpaired) electrons. The number of fused-ring (bicyclic) bond motifs is 1. The molecule has 1 atom stereocenters. The fourth-order valence-corrected chi connectivity index (χ4v) is 3.40. The van der Waals surface area contributed by atoms with Gasteiger partial charge in [0.15, 0.2) is 5.78 Å². The molecular formula is C21H18N2O4. The van der Waals surface area contributed by atoms with E-state index < -0.39 is 11.5 Å². The first-order chi connectivity index (χ1) is 13.1. The van der Waals surface area contributed by atoms with Crippen molar-refractivity contribution in [2.45, 2.75) is 25.3 Å². The van der Waals surface area contributed by atoms with Crippen molar-refractivity contribution in [2.75, 3.05) is 0 Å². The highest BCUT2D eigenvalue weighted by molar-refractivity contribution is 6.02. The third-order valence-electron chi connectivity index (χ3n) is 4.79. The SMILES string of the molecule is O=C1C[C@H](c2ccco2)Cc2[nH]c(=O)c(C(=O)NCc3ccccc3)cc21. The van der Waals surface area contributed by atoms with Crippen LogP contribution in [0, 0.1) is 0 Å². The maximum atomic E-state index is 12.6. The fourth-order valence-electron chi connectivity index (χ4n) is 3.40. The van der Waals surface area contributed by atoms with Crippen LogP contribution in [0.25, 0.3) is 0 Å². The molecule has 2 N–H and O–H groups in total. The van der Waals surface area contributed by atoms with Crippen molar-refractivity contribution in [3.8, 4) is 0 Å². The Bertz CT molecular complexity index is 1040. The summed E-state index contributed by atoms with van der Waals surface area (Å²) in [4.78, 5) is 40.1. The van der Waals surface area contributed by atoms with Gasteiger partial charge in [0, 0.05) is 30.1 Å². The summed E-state index contributed by atoms with van der Waals surface area (Å²) in [6.07, 6.45) is 2.35. The van der Waals surface area contributed by atoms with E-state index in [0.717, 1.165) is 11.3 Å². The maximum absolute atomic E-state index is 12.6. The number of Topliss-reactive ketones (excluding diaryl/α,β-unsaturated/α-hetero) is 1. The van der Waals surface area contributed by atoms with Gasteiger partial charge in [0.25, 0.3) is 11.5 Å². The van der Waals surface area contributed by atoms with Gasteiger partial charge in [0.1, 0.15) is 11.3 Å². The lowest BCUT2D eigenvalue weighted by Gasteiger charge is -2.22. The van der Waals surface area contributed by atoms with E-state index in [9.17, 15) is 14.4 Å². The van der Waals surface area contributed by atoms with Crippen LogP contribution in [0.3, 0.4) is 0 Å². The zero-order valence-electron chi connectivity index (χ0n) is 14.5.